The smallest absolute Gasteiger partial charge is 0.137 e. The van der Waals surface area contributed by atoms with E-state index in [1.165, 1.54) is 11.3 Å². The maximum Gasteiger partial charge on any atom is 0.137 e. The van der Waals surface area contributed by atoms with E-state index in [4.69, 9.17) is 11.6 Å². The second-order valence-corrected chi connectivity index (χ2v) is 6.46. The van der Waals surface area contributed by atoms with E-state index in [0.29, 0.717) is 16.9 Å². The van der Waals surface area contributed by atoms with Gasteiger partial charge in [-0.25, -0.2) is 0 Å². The van der Waals surface area contributed by atoms with Crippen LogP contribution in [0.2, 0.25) is 0 Å². The average Bonchev–Trinajstić information content (AvgIpc) is 2.40. The molecule has 1 fully saturated rings. The van der Waals surface area contributed by atoms with E-state index in [1.54, 1.807) is 0 Å². The highest BCUT2D eigenvalue weighted by atomic mass is 35.5. The van der Waals surface area contributed by atoms with Crippen LogP contribution in [0.25, 0.3) is 0 Å². The Labute approximate surface area is 118 Å². The molecular formula is C15H19ClOS. The number of carbonyl (C=O) groups excluding carboxylic acids is 1. The Bertz CT molecular complexity index is 379. The van der Waals surface area contributed by atoms with Crippen LogP contribution in [0.1, 0.15) is 32.1 Å². The molecule has 1 aliphatic carbocycles. The summed E-state index contributed by atoms with van der Waals surface area (Å²) < 4.78 is 0. The van der Waals surface area contributed by atoms with Gasteiger partial charge in [-0.05, 0) is 31.4 Å². The van der Waals surface area contributed by atoms with Crippen molar-refractivity contribution in [1.29, 1.82) is 0 Å². The molecule has 0 heterocycles. The Kier molecular flexibility index (Phi) is 5.58. The van der Waals surface area contributed by atoms with Crippen molar-refractivity contribution in [3.05, 3.63) is 30.3 Å². The van der Waals surface area contributed by atoms with Crippen molar-refractivity contribution < 1.29 is 4.79 Å². The number of hydrogen-bond donors (Lipinski definition) is 0. The van der Waals surface area contributed by atoms with Gasteiger partial charge in [-0.2, -0.15) is 0 Å². The molecule has 2 rings (SSSR count). The minimum atomic E-state index is 0.211. The molecule has 1 aromatic carbocycles. The van der Waals surface area contributed by atoms with Crippen molar-refractivity contribution in [3.63, 3.8) is 0 Å². The number of ketones is 1. The summed E-state index contributed by atoms with van der Waals surface area (Å²) in [5, 5.41) is 0.345. The van der Waals surface area contributed by atoms with Crippen LogP contribution in [0.3, 0.4) is 0 Å². The highest BCUT2D eigenvalue weighted by Crippen LogP contribution is 2.36. The number of benzene rings is 1. The van der Waals surface area contributed by atoms with Gasteiger partial charge >= 0.3 is 0 Å². The maximum absolute atomic E-state index is 12.0. The first-order valence-electron chi connectivity index (χ1n) is 6.61. The molecule has 0 aliphatic heterocycles. The zero-order valence-corrected chi connectivity index (χ0v) is 12.1. The number of hydrogen-bond acceptors (Lipinski definition) is 2. The standard InChI is InChI=1S/C15H19ClOS/c16-11-10-15(13-8-4-5-9-14(13)17)18-12-6-2-1-3-7-12/h1-3,6-7,13,15H,4-5,8-11H2. The molecule has 0 spiro atoms. The molecule has 18 heavy (non-hydrogen) atoms. The summed E-state index contributed by atoms with van der Waals surface area (Å²) in [4.78, 5) is 13.3. The lowest BCUT2D eigenvalue weighted by Gasteiger charge is -2.28. The van der Waals surface area contributed by atoms with Crippen LogP contribution in [0.5, 0.6) is 0 Å². The van der Waals surface area contributed by atoms with Gasteiger partial charge in [-0.15, -0.1) is 23.4 Å². The van der Waals surface area contributed by atoms with E-state index in [-0.39, 0.29) is 5.92 Å². The molecule has 1 aromatic rings. The van der Waals surface area contributed by atoms with Crippen LogP contribution in [0.4, 0.5) is 0 Å². The van der Waals surface area contributed by atoms with Gasteiger partial charge in [0.15, 0.2) is 0 Å². The summed E-state index contributed by atoms with van der Waals surface area (Å²) in [6.07, 6.45) is 4.97. The average molecular weight is 283 g/mol. The molecule has 0 bridgehead atoms. The summed E-state index contributed by atoms with van der Waals surface area (Å²) in [5.74, 6) is 1.29. The molecule has 0 N–H and O–H groups in total. The van der Waals surface area contributed by atoms with Crippen LogP contribution < -0.4 is 0 Å². The molecule has 3 heteroatoms. The second kappa shape index (κ2) is 7.20. The fourth-order valence-electron chi connectivity index (χ4n) is 2.53. The number of Topliss-reactive ketones (excluding diaryl/α,β-unsaturated/α-hetero) is 1. The number of carbonyl (C=O) groups is 1. The Hall–Kier alpha value is -0.470. The van der Waals surface area contributed by atoms with Gasteiger partial charge in [0.1, 0.15) is 5.78 Å². The first-order valence-corrected chi connectivity index (χ1v) is 8.03. The molecule has 0 aromatic heterocycles. The van der Waals surface area contributed by atoms with Gasteiger partial charge < -0.3 is 0 Å². The van der Waals surface area contributed by atoms with E-state index in [9.17, 15) is 4.79 Å². The number of thioether (sulfide) groups is 1. The van der Waals surface area contributed by atoms with Crippen molar-refractivity contribution in [2.75, 3.05) is 5.88 Å². The summed E-state index contributed by atoms with van der Waals surface area (Å²) in [7, 11) is 0. The molecule has 0 saturated heterocycles. The van der Waals surface area contributed by atoms with Crippen LogP contribution in [0.15, 0.2) is 35.2 Å². The summed E-state index contributed by atoms with van der Waals surface area (Å²) in [6.45, 7) is 0. The van der Waals surface area contributed by atoms with Crippen LogP contribution in [-0.2, 0) is 4.79 Å². The van der Waals surface area contributed by atoms with E-state index in [0.717, 1.165) is 25.7 Å². The number of alkyl halides is 1. The lowest BCUT2D eigenvalue weighted by Crippen LogP contribution is -2.29. The predicted octanol–water partition coefficient (Wildman–Crippen LogP) is 4.54. The first-order chi connectivity index (χ1) is 8.81. The van der Waals surface area contributed by atoms with E-state index < -0.39 is 0 Å². The molecule has 2 atom stereocenters. The third-order valence-corrected chi connectivity index (χ3v) is 5.10. The molecular weight excluding hydrogens is 264 g/mol. The molecule has 0 radical (unpaired) electrons. The van der Waals surface area contributed by atoms with E-state index >= 15 is 0 Å². The molecule has 0 amide bonds. The van der Waals surface area contributed by atoms with Crippen molar-refractivity contribution >= 4 is 29.1 Å². The van der Waals surface area contributed by atoms with Crippen LogP contribution in [0, 0.1) is 5.92 Å². The highest BCUT2D eigenvalue weighted by molar-refractivity contribution is 8.00. The van der Waals surface area contributed by atoms with Gasteiger partial charge in [-0.3, -0.25) is 4.79 Å². The molecule has 1 saturated carbocycles. The minimum Gasteiger partial charge on any atom is -0.299 e. The van der Waals surface area contributed by atoms with Gasteiger partial charge in [-0.1, -0.05) is 24.6 Å². The van der Waals surface area contributed by atoms with Crippen LogP contribution >= 0.6 is 23.4 Å². The van der Waals surface area contributed by atoms with Crippen molar-refractivity contribution in [2.45, 2.75) is 42.2 Å². The zero-order valence-electron chi connectivity index (χ0n) is 10.5. The summed E-state index contributed by atoms with van der Waals surface area (Å²) in [5.41, 5.74) is 0. The van der Waals surface area contributed by atoms with Gasteiger partial charge in [0.05, 0.1) is 0 Å². The van der Waals surface area contributed by atoms with Gasteiger partial charge in [0.2, 0.25) is 0 Å². The highest BCUT2D eigenvalue weighted by Gasteiger charge is 2.30. The number of rotatable bonds is 5. The fraction of sp³-hybridized carbons (Fsp3) is 0.533. The molecule has 98 valence electrons. The lowest BCUT2D eigenvalue weighted by molar-refractivity contribution is -0.124. The number of halogens is 1. The molecule has 1 aliphatic rings. The van der Waals surface area contributed by atoms with Crippen LogP contribution in [-0.4, -0.2) is 16.9 Å². The monoisotopic (exact) mass is 282 g/mol. The third-order valence-electron chi connectivity index (χ3n) is 3.47. The Morgan fingerprint density at radius 2 is 2.06 bits per heavy atom. The fourth-order valence-corrected chi connectivity index (χ4v) is 4.24. The lowest BCUT2D eigenvalue weighted by atomic mass is 9.85. The van der Waals surface area contributed by atoms with Crippen molar-refractivity contribution in [3.8, 4) is 0 Å². The normalized spacial score (nSPS) is 21.8. The van der Waals surface area contributed by atoms with E-state index in [2.05, 4.69) is 12.1 Å². The zero-order chi connectivity index (χ0) is 12.8. The SMILES string of the molecule is O=C1CCCCC1C(CCCl)Sc1ccccc1. The largest absolute Gasteiger partial charge is 0.299 e. The maximum atomic E-state index is 12.0. The molecule has 2 unspecified atom stereocenters. The summed E-state index contributed by atoms with van der Waals surface area (Å²) >= 11 is 7.72. The third kappa shape index (κ3) is 3.76. The molecule has 1 nitrogen and oxygen atoms in total. The summed E-state index contributed by atoms with van der Waals surface area (Å²) in [6, 6.07) is 10.3. The van der Waals surface area contributed by atoms with Gasteiger partial charge in [0, 0.05) is 28.4 Å². The Balaban J connectivity index is 2.05. The van der Waals surface area contributed by atoms with Crippen molar-refractivity contribution in [2.24, 2.45) is 5.92 Å². The Morgan fingerprint density at radius 1 is 1.28 bits per heavy atom. The van der Waals surface area contributed by atoms with E-state index in [1.807, 2.05) is 30.0 Å². The predicted molar refractivity (Wildman–Crippen MR) is 78.4 cm³/mol. The first kappa shape index (κ1) is 14.0. The quantitative estimate of drug-likeness (QED) is 0.583. The van der Waals surface area contributed by atoms with Gasteiger partial charge in [0.25, 0.3) is 0 Å². The minimum absolute atomic E-state index is 0.211. The Morgan fingerprint density at radius 3 is 2.72 bits per heavy atom. The second-order valence-electron chi connectivity index (χ2n) is 4.77. The topological polar surface area (TPSA) is 17.1 Å². The van der Waals surface area contributed by atoms with Crippen molar-refractivity contribution in [1.82, 2.24) is 0 Å².